The SMILES string of the molecule is CC(=O)Oc1ccc(/C=C(\C#N)c2nc(-c3cccc([N+](=O)[O-])c3)cs2)cc1. The minimum absolute atomic E-state index is 0.0176. The Morgan fingerprint density at radius 3 is 2.68 bits per heavy atom. The molecule has 0 fully saturated rings. The van der Waals surface area contributed by atoms with Crippen LogP contribution < -0.4 is 4.74 Å². The number of esters is 1. The van der Waals surface area contributed by atoms with Crippen molar-refractivity contribution in [1.82, 2.24) is 4.98 Å². The number of hydrogen-bond donors (Lipinski definition) is 0. The minimum Gasteiger partial charge on any atom is -0.427 e. The van der Waals surface area contributed by atoms with Gasteiger partial charge in [0, 0.05) is 30.0 Å². The summed E-state index contributed by atoms with van der Waals surface area (Å²) in [4.78, 5) is 25.9. The van der Waals surface area contributed by atoms with E-state index >= 15 is 0 Å². The summed E-state index contributed by atoms with van der Waals surface area (Å²) in [5.74, 6) is 0.0165. The molecule has 1 heterocycles. The molecule has 8 heteroatoms. The molecule has 0 saturated heterocycles. The van der Waals surface area contributed by atoms with Crippen molar-refractivity contribution in [2.75, 3.05) is 0 Å². The highest BCUT2D eigenvalue weighted by Gasteiger charge is 2.12. The first-order chi connectivity index (χ1) is 13.5. The van der Waals surface area contributed by atoms with Crippen LogP contribution in [0, 0.1) is 21.4 Å². The molecule has 0 aliphatic carbocycles. The molecule has 0 spiro atoms. The molecule has 0 radical (unpaired) electrons. The Balaban J connectivity index is 1.87. The summed E-state index contributed by atoms with van der Waals surface area (Å²) in [5.41, 5.74) is 2.27. The fourth-order valence-corrected chi connectivity index (χ4v) is 3.21. The zero-order chi connectivity index (χ0) is 20.1. The van der Waals surface area contributed by atoms with Crippen molar-refractivity contribution in [3.63, 3.8) is 0 Å². The number of benzene rings is 2. The van der Waals surface area contributed by atoms with Gasteiger partial charge in [-0.3, -0.25) is 14.9 Å². The van der Waals surface area contributed by atoms with Crippen molar-refractivity contribution in [2.24, 2.45) is 0 Å². The van der Waals surface area contributed by atoms with Crippen molar-refractivity contribution in [1.29, 1.82) is 5.26 Å². The summed E-state index contributed by atoms with van der Waals surface area (Å²) >= 11 is 1.28. The average Bonchev–Trinajstić information content (AvgIpc) is 3.17. The highest BCUT2D eigenvalue weighted by Crippen LogP contribution is 2.29. The van der Waals surface area contributed by atoms with Gasteiger partial charge in [-0.15, -0.1) is 11.3 Å². The van der Waals surface area contributed by atoms with Crippen LogP contribution in [-0.4, -0.2) is 15.9 Å². The molecule has 7 nitrogen and oxygen atoms in total. The van der Waals surface area contributed by atoms with E-state index in [0.717, 1.165) is 5.56 Å². The second kappa shape index (κ2) is 8.24. The molecule has 0 N–H and O–H groups in total. The summed E-state index contributed by atoms with van der Waals surface area (Å²) < 4.78 is 4.98. The number of rotatable bonds is 5. The number of hydrogen-bond acceptors (Lipinski definition) is 7. The van der Waals surface area contributed by atoms with Crippen LogP contribution in [0.1, 0.15) is 17.5 Å². The van der Waals surface area contributed by atoms with E-state index in [9.17, 15) is 20.2 Å². The molecule has 0 aliphatic heterocycles. The zero-order valence-corrected chi connectivity index (χ0v) is 15.5. The molecule has 3 rings (SSSR count). The molecule has 1 aromatic heterocycles. The van der Waals surface area contributed by atoms with Crippen LogP contribution in [0.4, 0.5) is 5.69 Å². The van der Waals surface area contributed by atoms with Gasteiger partial charge in [0.05, 0.1) is 16.2 Å². The summed E-state index contributed by atoms with van der Waals surface area (Å²) in [6.45, 7) is 1.32. The van der Waals surface area contributed by atoms with Gasteiger partial charge in [0.2, 0.25) is 0 Å². The van der Waals surface area contributed by atoms with Gasteiger partial charge in [-0.05, 0) is 23.8 Å². The molecule has 0 bridgehead atoms. The Labute approximate surface area is 164 Å². The second-order valence-corrected chi connectivity index (χ2v) is 6.54. The van der Waals surface area contributed by atoms with E-state index < -0.39 is 10.9 Å². The number of nitro groups is 1. The standard InChI is InChI=1S/C20H13N3O4S/c1-13(24)27-18-7-5-14(6-8-18)9-16(11-21)20-22-19(12-28-20)15-3-2-4-17(10-15)23(25)26/h2-10,12H,1H3/b16-9+. The number of nitriles is 1. The Kier molecular flexibility index (Phi) is 5.58. The number of non-ortho nitro benzene ring substituents is 1. The first-order valence-electron chi connectivity index (χ1n) is 8.07. The van der Waals surface area contributed by atoms with Crippen LogP contribution in [-0.2, 0) is 4.79 Å². The predicted octanol–water partition coefficient (Wildman–Crippen LogP) is 4.71. The molecule has 3 aromatic rings. The van der Waals surface area contributed by atoms with Crippen LogP contribution in [0.3, 0.4) is 0 Å². The highest BCUT2D eigenvalue weighted by molar-refractivity contribution is 7.11. The summed E-state index contributed by atoms with van der Waals surface area (Å²) in [5, 5.41) is 22.7. The summed E-state index contributed by atoms with van der Waals surface area (Å²) in [6, 6.07) is 15.0. The highest BCUT2D eigenvalue weighted by atomic mass is 32.1. The normalized spacial score (nSPS) is 10.9. The third kappa shape index (κ3) is 4.47. The first-order valence-corrected chi connectivity index (χ1v) is 8.95. The molecule has 0 atom stereocenters. The Hall–Kier alpha value is -3.83. The van der Waals surface area contributed by atoms with E-state index in [1.165, 1.54) is 30.4 Å². The Morgan fingerprint density at radius 2 is 2.04 bits per heavy atom. The van der Waals surface area contributed by atoms with Gasteiger partial charge >= 0.3 is 5.97 Å². The lowest BCUT2D eigenvalue weighted by Gasteiger charge is -2.01. The number of ether oxygens (including phenoxy) is 1. The average molecular weight is 391 g/mol. The Morgan fingerprint density at radius 1 is 1.29 bits per heavy atom. The quantitative estimate of drug-likeness (QED) is 0.205. The molecule has 0 aliphatic rings. The maximum atomic E-state index is 11.0. The van der Waals surface area contributed by atoms with Gasteiger partial charge in [-0.2, -0.15) is 5.26 Å². The van der Waals surface area contributed by atoms with Crippen LogP contribution in [0.2, 0.25) is 0 Å². The third-order valence-corrected chi connectivity index (χ3v) is 4.54. The zero-order valence-electron chi connectivity index (χ0n) is 14.7. The fourth-order valence-electron chi connectivity index (χ4n) is 2.42. The molecule has 2 aromatic carbocycles. The molecular formula is C20H13N3O4S. The molecule has 0 amide bonds. The smallest absolute Gasteiger partial charge is 0.308 e. The lowest BCUT2D eigenvalue weighted by Crippen LogP contribution is -2.00. The molecular weight excluding hydrogens is 378 g/mol. The fraction of sp³-hybridized carbons (Fsp3) is 0.0500. The molecule has 0 saturated carbocycles. The number of carbonyl (C=O) groups excluding carboxylic acids is 1. The monoisotopic (exact) mass is 391 g/mol. The van der Waals surface area contributed by atoms with Crippen LogP contribution >= 0.6 is 11.3 Å². The largest absolute Gasteiger partial charge is 0.427 e. The van der Waals surface area contributed by atoms with Crippen molar-refractivity contribution in [3.8, 4) is 23.1 Å². The van der Waals surface area contributed by atoms with E-state index in [1.54, 1.807) is 47.9 Å². The van der Waals surface area contributed by atoms with E-state index in [2.05, 4.69) is 11.1 Å². The van der Waals surface area contributed by atoms with Gasteiger partial charge in [-0.25, -0.2) is 4.98 Å². The van der Waals surface area contributed by atoms with Crippen molar-refractivity contribution < 1.29 is 14.5 Å². The lowest BCUT2D eigenvalue weighted by atomic mass is 10.1. The van der Waals surface area contributed by atoms with E-state index in [0.29, 0.717) is 27.6 Å². The lowest BCUT2D eigenvalue weighted by molar-refractivity contribution is -0.384. The van der Waals surface area contributed by atoms with Crippen molar-refractivity contribution >= 4 is 34.6 Å². The third-order valence-electron chi connectivity index (χ3n) is 3.66. The van der Waals surface area contributed by atoms with Gasteiger partial charge in [0.15, 0.2) is 0 Å². The minimum atomic E-state index is -0.461. The van der Waals surface area contributed by atoms with Crippen LogP contribution in [0.15, 0.2) is 53.9 Å². The number of nitrogens with zero attached hydrogens (tertiary/aromatic N) is 3. The van der Waals surface area contributed by atoms with Gasteiger partial charge in [0.1, 0.15) is 16.8 Å². The second-order valence-electron chi connectivity index (χ2n) is 5.68. The maximum absolute atomic E-state index is 11.0. The van der Waals surface area contributed by atoms with Crippen molar-refractivity contribution in [2.45, 2.75) is 6.92 Å². The van der Waals surface area contributed by atoms with E-state index in [-0.39, 0.29) is 5.69 Å². The summed E-state index contributed by atoms with van der Waals surface area (Å²) in [7, 11) is 0. The number of aromatic nitrogens is 1. The van der Waals surface area contributed by atoms with Crippen LogP contribution in [0.5, 0.6) is 5.75 Å². The van der Waals surface area contributed by atoms with E-state index in [4.69, 9.17) is 4.74 Å². The first kappa shape index (κ1) is 18.9. The predicted molar refractivity (Wildman–Crippen MR) is 105 cm³/mol. The number of nitro benzene ring substituents is 1. The topological polar surface area (TPSA) is 106 Å². The maximum Gasteiger partial charge on any atom is 0.308 e. The number of allylic oxidation sites excluding steroid dienone is 1. The van der Waals surface area contributed by atoms with Gasteiger partial charge < -0.3 is 4.74 Å². The number of carbonyl (C=O) groups is 1. The number of thiazole rings is 1. The van der Waals surface area contributed by atoms with Gasteiger partial charge in [0.25, 0.3) is 5.69 Å². The molecule has 0 unspecified atom stereocenters. The summed E-state index contributed by atoms with van der Waals surface area (Å²) in [6.07, 6.45) is 1.67. The molecule has 28 heavy (non-hydrogen) atoms. The van der Waals surface area contributed by atoms with Gasteiger partial charge in [-0.1, -0.05) is 24.3 Å². The van der Waals surface area contributed by atoms with Crippen molar-refractivity contribution in [3.05, 3.63) is 74.6 Å². The molecule has 138 valence electrons. The van der Waals surface area contributed by atoms with E-state index in [1.807, 2.05) is 0 Å². The van der Waals surface area contributed by atoms with Crippen LogP contribution in [0.25, 0.3) is 22.9 Å². The Bertz CT molecular complexity index is 1110.